The maximum absolute atomic E-state index is 12.3. The molecule has 0 atom stereocenters. The fourth-order valence-electron chi connectivity index (χ4n) is 5.20. The first kappa shape index (κ1) is 23.2. The molecule has 4 nitrogen and oxygen atoms in total. The average molecular weight is 674 g/mol. The molecule has 4 aromatic rings. The summed E-state index contributed by atoms with van der Waals surface area (Å²) in [7, 11) is 0. The van der Waals surface area contributed by atoms with Gasteiger partial charge in [0.15, 0.2) is 0 Å². The van der Waals surface area contributed by atoms with E-state index in [0.717, 1.165) is 46.1 Å². The first-order valence-electron chi connectivity index (χ1n) is 10.6. The number of halogens is 2. The molecule has 0 amide bonds. The Hall–Kier alpha value is -2.59. The minimum absolute atomic E-state index is 0.238. The van der Waals surface area contributed by atoms with Crippen LogP contribution in [0.1, 0.15) is 43.7 Å². The predicted octanol–water partition coefficient (Wildman–Crippen LogP) is 6.99. The molecule has 3 N–H and O–H groups in total. The molecule has 0 unspecified atom stereocenters. The van der Waals surface area contributed by atoms with Crippen molar-refractivity contribution < 1.29 is 20.1 Å². The van der Waals surface area contributed by atoms with Gasteiger partial charge in [0.1, 0.15) is 11.5 Å². The van der Waals surface area contributed by atoms with Gasteiger partial charge in [-0.25, -0.2) is 4.79 Å². The van der Waals surface area contributed by atoms with Crippen LogP contribution in [0.4, 0.5) is 0 Å². The number of aromatic hydroxyl groups is 2. The van der Waals surface area contributed by atoms with Crippen molar-refractivity contribution in [1.82, 2.24) is 0 Å². The number of phenolic OH excluding ortho intramolecular Hbond substituents is 2. The zero-order valence-electron chi connectivity index (χ0n) is 18.4. The lowest BCUT2D eigenvalue weighted by Crippen LogP contribution is -2.29. The van der Waals surface area contributed by atoms with Crippen molar-refractivity contribution in [3.05, 3.63) is 113 Å². The van der Waals surface area contributed by atoms with E-state index in [-0.39, 0.29) is 17.1 Å². The number of hydrogen-bond acceptors (Lipinski definition) is 3. The molecule has 1 aliphatic carbocycles. The first-order valence-corrected chi connectivity index (χ1v) is 12.8. The fraction of sp³-hybridized carbons (Fsp3) is 0.107. The Kier molecular flexibility index (Phi) is 5.63. The van der Waals surface area contributed by atoms with E-state index in [4.69, 9.17) is 0 Å². The van der Waals surface area contributed by atoms with Gasteiger partial charge >= 0.3 is 5.97 Å². The van der Waals surface area contributed by atoms with Crippen molar-refractivity contribution >= 4 is 51.2 Å². The predicted molar refractivity (Wildman–Crippen MR) is 149 cm³/mol. The molecule has 0 aliphatic heterocycles. The van der Waals surface area contributed by atoms with Gasteiger partial charge < -0.3 is 15.3 Å². The zero-order chi connectivity index (χ0) is 24.4. The highest BCUT2D eigenvalue weighted by Gasteiger charge is 2.48. The highest BCUT2D eigenvalue weighted by atomic mass is 127. The van der Waals surface area contributed by atoms with Gasteiger partial charge in [-0.3, -0.25) is 0 Å². The maximum atomic E-state index is 12.3. The van der Waals surface area contributed by atoms with Gasteiger partial charge in [-0.05, 0) is 116 Å². The number of aromatic carboxylic acids is 1. The van der Waals surface area contributed by atoms with Crippen LogP contribution < -0.4 is 0 Å². The van der Waals surface area contributed by atoms with Gasteiger partial charge in [-0.15, -0.1) is 0 Å². The minimum atomic E-state index is -0.976. The number of aryl methyl sites for hydroxylation is 2. The molecule has 0 saturated carbocycles. The van der Waals surface area contributed by atoms with Crippen LogP contribution in [-0.4, -0.2) is 21.3 Å². The summed E-state index contributed by atoms with van der Waals surface area (Å²) >= 11 is 4.28. The van der Waals surface area contributed by atoms with Crippen LogP contribution in [0.3, 0.4) is 0 Å². The van der Waals surface area contributed by atoms with Gasteiger partial charge in [0.2, 0.25) is 0 Å². The van der Waals surface area contributed by atoms with Crippen LogP contribution in [0.15, 0.2) is 66.7 Å². The van der Waals surface area contributed by atoms with E-state index in [2.05, 4.69) is 45.2 Å². The molecule has 0 aromatic heterocycles. The number of phenols is 2. The SMILES string of the molecule is Cc1cc(C2(c3cc(C)c(O)c(I)c3)c3ccccc3-c3c(C(=O)O)cccc32)cc(I)c1O. The Morgan fingerprint density at radius 3 is 1.82 bits per heavy atom. The summed E-state index contributed by atoms with van der Waals surface area (Å²) in [4.78, 5) is 12.3. The summed E-state index contributed by atoms with van der Waals surface area (Å²) in [6.07, 6.45) is 0. The summed E-state index contributed by atoms with van der Waals surface area (Å²) in [5, 5.41) is 31.1. The maximum Gasteiger partial charge on any atom is 0.336 e. The van der Waals surface area contributed by atoms with Gasteiger partial charge in [0.05, 0.1) is 18.1 Å². The number of carbonyl (C=O) groups is 1. The molecule has 0 heterocycles. The summed E-state index contributed by atoms with van der Waals surface area (Å²) < 4.78 is 1.44. The first-order chi connectivity index (χ1) is 16.2. The summed E-state index contributed by atoms with van der Waals surface area (Å²) in [5.74, 6) is -0.501. The molecule has 5 rings (SSSR count). The fourth-order valence-corrected chi connectivity index (χ4v) is 6.72. The van der Waals surface area contributed by atoms with E-state index in [9.17, 15) is 20.1 Å². The lowest BCUT2D eigenvalue weighted by Gasteiger charge is -2.35. The second-order valence-corrected chi connectivity index (χ2v) is 10.9. The van der Waals surface area contributed by atoms with E-state index >= 15 is 0 Å². The molecule has 0 bridgehead atoms. The van der Waals surface area contributed by atoms with E-state index in [1.807, 2.05) is 68.4 Å². The molecule has 1 aliphatic rings. The summed E-state index contributed by atoms with van der Waals surface area (Å²) in [6.45, 7) is 3.74. The normalized spacial score (nSPS) is 13.4. The lowest BCUT2D eigenvalue weighted by molar-refractivity contribution is 0.0697. The van der Waals surface area contributed by atoms with Crippen LogP contribution >= 0.6 is 45.2 Å². The van der Waals surface area contributed by atoms with Crippen LogP contribution in [0.5, 0.6) is 11.5 Å². The quantitative estimate of drug-likeness (QED) is 0.181. The van der Waals surface area contributed by atoms with Gasteiger partial charge in [0.25, 0.3) is 0 Å². The van der Waals surface area contributed by atoms with Crippen molar-refractivity contribution in [1.29, 1.82) is 0 Å². The standard InChI is InChI=1S/C28H20I2O4/c1-14-10-16(12-22(29)25(14)31)28(17-11-15(2)26(32)23(30)13-17)20-8-4-3-6-18(20)24-19(27(33)34)7-5-9-21(24)28/h3-13,31-32H,1-2H3,(H,33,34). The Morgan fingerprint density at radius 2 is 1.29 bits per heavy atom. The Bertz CT molecular complexity index is 1400. The number of hydrogen-bond donors (Lipinski definition) is 3. The molecule has 6 heteroatoms. The van der Waals surface area contributed by atoms with E-state index in [0.29, 0.717) is 5.56 Å². The zero-order valence-corrected chi connectivity index (χ0v) is 22.7. The molecule has 0 radical (unpaired) electrons. The Morgan fingerprint density at radius 1 is 0.765 bits per heavy atom. The van der Waals surface area contributed by atoms with Crippen molar-refractivity contribution in [2.45, 2.75) is 19.3 Å². The molecule has 0 saturated heterocycles. The third-order valence-corrected chi connectivity index (χ3v) is 8.32. The van der Waals surface area contributed by atoms with Crippen molar-refractivity contribution in [3.63, 3.8) is 0 Å². The smallest absolute Gasteiger partial charge is 0.336 e. The van der Waals surface area contributed by atoms with E-state index < -0.39 is 11.4 Å². The molecular formula is C28H20I2O4. The highest BCUT2D eigenvalue weighted by molar-refractivity contribution is 14.1. The van der Waals surface area contributed by atoms with Crippen molar-refractivity contribution in [2.75, 3.05) is 0 Å². The van der Waals surface area contributed by atoms with Gasteiger partial charge in [0, 0.05) is 5.56 Å². The number of benzene rings is 4. The Balaban J connectivity index is 2.04. The molecule has 0 fully saturated rings. The number of fused-ring (bicyclic) bond motifs is 3. The summed E-state index contributed by atoms with van der Waals surface area (Å²) in [5.41, 5.74) is 6.19. The van der Waals surface area contributed by atoms with Crippen LogP contribution in [0, 0.1) is 21.0 Å². The molecule has 34 heavy (non-hydrogen) atoms. The van der Waals surface area contributed by atoms with Gasteiger partial charge in [-0.1, -0.05) is 48.5 Å². The lowest BCUT2D eigenvalue weighted by atomic mass is 9.67. The molecular weight excluding hydrogens is 654 g/mol. The molecule has 4 aromatic carbocycles. The molecule has 170 valence electrons. The van der Waals surface area contributed by atoms with Crippen LogP contribution in [0.2, 0.25) is 0 Å². The third kappa shape index (κ3) is 3.18. The van der Waals surface area contributed by atoms with E-state index in [1.54, 1.807) is 12.1 Å². The number of rotatable bonds is 3. The van der Waals surface area contributed by atoms with Crippen LogP contribution in [0.25, 0.3) is 11.1 Å². The largest absolute Gasteiger partial charge is 0.507 e. The monoisotopic (exact) mass is 674 g/mol. The highest BCUT2D eigenvalue weighted by Crippen LogP contribution is 2.58. The number of carboxylic acid groups (broad SMARTS) is 1. The number of carboxylic acids is 1. The second kappa shape index (κ2) is 8.27. The van der Waals surface area contributed by atoms with Crippen molar-refractivity contribution in [3.8, 4) is 22.6 Å². The Labute approximate surface area is 224 Å². The van der Waals surface area contributed by atoms with Crippen LogP contribution in [-0.2, 0) is 5.41 Å². The topological polar surface area (TPSA) is 77.8 Å². The van der Waals surface area contributed by atoms with Gasteiger partial charge in [-0.2, -0.15) is 0 Å². The second-order valence-electron chi connectivity index (χ2n) is 8.58. The van der Waals surface area contributed by atoms with E-state index in [1.165, 1.54) is 0 Å². The van der Waals surface area contributed by atoms with Crippen molar-refractivity contribution in [2.24, 2.45) is 0 Å². The third-order valence-electron chi connectivity index (χ3n) is 6.67. The molecule has 0 spiro atoms. The summed E-state index contributed by atoms with van der Waals surface area (Å²) in [6, 6.07) is 21.2. The average Bonchev–Trinajstić information content (AvgIpc) is 3.11. The minimum Gasteiger partial charge on any atom is -0.507 e.